The first-order chi connectivity index (χ1) is 14.0. The second kappa shape index (κ2) is 9.47. The summed E-state index contributed by atoms with van der Waals surface area (Å²) in [5, 5.41) is 6.84. The maximum Gasteiger partial charge on any atom is 0.233 e. The molecule has 1 aromatic carbocycles. The van der Waals surface area contributed by atoms with Gasteiger partial charge in [0.2, 0.25) is 17.8 Å². The standard InChI is InChI=1S/C20H26ClN7O/c1-5-10-22-18-24-19(23-14-6-7-17(29-4)16(21)13-14)26-20(25-18)28(3)15-8-11-27(2)12-9-15/h5-8,11,13,15H,1,9-10,12H2,2-4H3,(H2,22,23,24,25,26). The van der Waals surface area contributed by atoms with Gasteiger partial charge in [0.15, 0.2) is 0 Å². The van der Waals surface area contributed by atoms with E-state index in [2.05, 4.69) is 61.3 Å². The number of hydrogen-bond acceptors (Lipinski definition) is 8. The summed E-state index contributed by atoms with van der Waals surface area (Å²) in [5.74, 6) is 2.08. The molecule has 1 aliphatic rings. The van der Waals surface area contributed by atoms with Crippen LogP contribution in [-0.4, -0.2) is 60.2 Å². The Morgan fingerprint density at radius 2 is 2.14 bits per heavy atom. The summed E-state index contributed by atoms with van der Waals surface area (Å²) in [5.41, 5.74) is 0.754. The molecule has 0 fully saturated rings. The fraction of sp³-hybridized carbons (Fsp3) is 0.350. The van der Waals surface area contributed by atoms with Crippen LogP contribution in [0.3, 0.4) is 0 Å². The number of nitrogens with one attached hydrogen (secondary N) is 2. The SMILES string of the molecule is C=CCNc1nc(Nc2ccc(OC)c(Cl)c2)nc(N(C)C2C=CN(C)CC2)n1. The smallest absolute Gasteiger partial charge is 0.233 e. The monoisotopic (exact) mass is 415 g/mol. The van der Waals surface area contributed by atoms with E-state index in [9.17, 15) is 0 Å². The first-order valence-electron chi connectivity index (χ1n) is 9.33. The summed E-state index contributed by atoms with van der Waals surface area (Å²) in [6.45, 7) is 5.26. The number of rotatable bonds is 8. The summed E-state index contributed by atoms with van der Waals surface area (Å²) in [6.07, 6.45) is 6.98. The highest BCUT2D eigenvalue weighted by Crippen LogP contribution is 2.29. The summed E-state index contributed by atoms with van der Waals surface area (Å²) >= 11 is 6.23. The molecule has 0 saturated heterocycles. The Labute approximate surface area is 176 Å². The van der Waals surface area contributed by atoms with Crippen molar-refractivity contribution in [3.8, 4) is 5.75 Å². The number of hydrogen-bond donors (Lipinski definition) is 2. The number of anilines is 4. The van der Waals surface area contributed by atoms with Gasteiger partial charge in [-0.3, -0.25) is 0 Å². The minimum atomic E-state index is 0.212. The molecule has 154 valence electrons. The third kappa shape index (κ3) is 5.29. The van der Waals surface area contributed by atoms with E-state index >= 15 is 0 Å². The van der Waals surface area contributed by atoms with Crippen LogP contribution in [0.4, 0.5) is 23.5 Å². The molecular weight excluding hydrogens is 390 g/mol. The third-order valence-electron chi connectivity index (χ3n) is 4.59. The van der Waals surface area contributed by atoms with Crippen molar-refractivity contribution >= 4 is 35.1 Å². The molecule has 0 saturated carbocycles. The Kier molecular flexibility index (Phi) is 6.77. The van der Waals surface area contributed by atoms with Gasteiger partial charge in [-0.25, -0.2) is 0 Å². The van der Waals surface area contributed by atoms with Crippen molar-refractivity contribution in [2.75, 3.05) is 49.8 Å². The van der Waals surface area contributed by atoms with Crippen LogP contribution in [0.5, 0.6) is 5.75 Å². The lowest BCUT2D eigenvalue weighted by atomic mass is 10.1. The van der Waals surface area contributed by atoms with Gasteiger partial charge in [0.25, 0.3) is 0 Å². The van der Waals surface area contributed by atoms with E-state index in [0.717, 1.165) is 18.7 Å². The Hall–Kier alpha value is -3.00. The molecule has 1 atom stereocenters. The molecular formula is C20H26ClN7O. The van der Waals surface area contributed by atoms with E-state index in [-0.39, 0.29) is 6.04 Å². The van der Waals surface area contributed by atoms with E-state index < -0.39 is 0 Å². The Morgan fingerprint density at radius 3 is 2.79 bits per heavy atom. The molecule has 0 radical (unpaired) electrons. The van der Waals surface area contributed by atoms with Crippen LogP contribution in [0.25, 0.3) is 0 Å². The molecule has 1 aromatic heterocycles. The summed E-state index contributed by atoms with van der Waals surface area (Å²) in [7, 11) is 5.63. The van der Waals surface area contributed by atoms with Gasteiger partial charge in [-0.15, -0.1) is 6.58 Å². The first-order valence-corrected chi connectivity index (χ1v) is 9.70. The van der Waals surface area contributed by atoms with Gasteiger partial charge < -0.3 is 25.2 Å². The van der Waals surface area contributed by atoms with E-state index in [1.165, 1.54) is 0 Å². The number of nitrogens with zero attached hydrogens (tertiary/aromatic N) is 5. The number of ether oxygens (including phenoxy) is 1. The van der Waals surface area contributed by atoms with Crippen LogP contribution in [0.15, 0.2) is 43.1 Å². The zero-order valence-corrected chi connectivity index (χ0v) is 17.6. The molecule has 0 spiro atoms. The van der Waals surface area contributed by atoms with Gasteiger partial charge in [0.1, 0.15) is 5.75 Å². The Morgan fingerprint density at radius 1 is 1.34 bits per heavy atom. The molecule has 2 heterocycles. The highest BCUT2D eigenvalue weighted by Gasteiger charge is 2.20. The number of halogens is 1. The maximum atomic E-state index is 6.23. The third-order valence-corrected chi connectivity index (χ3v) is 4.88. The predicted molar refractivity (Wildman–Crippen MR) is 118 cm³/mol. The molecule has 0 bridgehead atoms. The molecule has 0 amide bonds. The molecule has 3 rings (SSSR count). The molecule has 2 N–H and O–H groups in total. The fourth-order valence-electron chi connectivity index (χ4n) is 2.92. The average molecular weight is 416 g/mol. The van der Waals surface area contributed by atoms with E-state index in [1.807, 2.05) is 13.1 Å². The normalized spacial score (nSPS) is 15.7. The second-order valence-corrected chi connectivity index (χ2v) is 7.12. The first kappa shape index (κ1) is 20.7. The topological polar surface area (TPSA) is 78.4 Å². The van der Waals surface area contributed by atoms with Crippen molar-refractivity contribution in [1.29, 1.82) is 0 Å². The summed E-state index contributed by atoms with van der Waals surface area (Å²) in [6, 6.07) is 5.63. The maximum absolute atomic E-state index is 6.23. The van der Waals surface area contributed by atoms with Crippen LogP contribution in [0.2, 0.25) is 5.02 Å². The van der Waals surface area contributed by atoms with Crippen molar-refractivity contribution in [1.82, 2.24) is 19.9 Å². The van der Waals surface area contributed by atoms with Crippen LogP contribution in [-0.2, 0) is 0 Å². The zero-order chi connectivity index (χ0) is 20.8. The number of benzene rings is 1. The van der Waals surface area contributed by atoms with Crippen molar-refractivity contribution in [2.24, 2.45) is 0 Å². The molecule has 0 aliphatic carbocycles. The second-order valence-electron chi connectivity index (χ2n) is 6.72. The Balaban J connectivity index is 1.87. The molecule has 29 heavy (non-hydrogen) atoms. The van der Waals surface area contributed by atoms with Gasteiger partial charge in [-0.1, -0.05) is 17.7 Å². The minimum Gasteiger partial charge on any atom is -0.495 e. The van der Waals surface area contributed by atoms with Gasteiger partial charge >= 0.3 is 0 Å². The zero-order valence-electron chi connectivity index (χ0n) is 16.9. The van der Waals surface area contributed by atoms with Crippen LogP contribution in [0, 0.1) is 0 Å². The molecule has 1 aliphatic heterocycles. The highest BCUT2D eigenvalue weighted by molar-refractivity contribution is 6.32. The number of aromatic nitrogens is 3. The molecule has 9 heteroatoms. The van der Waals surface area contributed by atoms with Crippen LogP contribution >= 0.6 is 11.6 Å². The van der Waals surface area contributed by atoms with E-state index in [0.29, 0.717) is 35.2 Å². The number of methoxy groups -OCH3 is 1. The lowest BCUT2D eigenvalue weighted by molar-refractivity contribution is 0.403. The van der Waals surface area contributed by atoms with Crippen molar-refractivity contribution in [3.63, 3.8) is 0 Å². The quantitative estimate of drug-likeness (QED) is 0.634. The van der Waals surface area contributed by atoms with Gasteiger partial charge in [-0.05, 0) is 36.9 Å². The Bertz CT molecular complexity index is 889. The van der Waals surface area contributed by atoms with E-state index in [4.69, 9.17) is 16.3 Å². The van der Waals surface area contributed by atoms with Crippen LogP contribution < -0.4 is 20.3 Å². The number of likely N-dealkylation sites (N-methyl/N-ethyl adjacent to an activating group) is 1. The van der Waals surface area contributed by atoms with Crippen LogP contribution in [0.1, 0.15) is 6.42 Å². The highest BCUT2D eigenvalue weighted by atomic mass is 35.5. The average Bonchev–Trinajstić information content (AvgIpc) is 2.72. The summed E-state index contributed by atoms with van der Waals surface area (Å²) < 4.78 is 5.20. The largest absolute Gasteiger partial charge is 0.495 e. The summed E-state index contributed by atoms with van der Waals surface area (Å²) in [4.78, 5) is 17.8. The lowest BCUT2D eigenvalue weighted by Gasteiger charge is -2.31. The minimum absolute atomic E-state index is 0.212. The molecule has 1 unspecified atom stereocenters. The predicted octanol–water partition coefficient (Wildman–Crippen LogP) is 3.53. The fourth-order valence-corrected chi connectivity index (χ4v) is 3.18. The van der Waals surface area contributed by atoms with Crippen molar-refractivity contribution in [3.05, 3.63) is 48.2 Å². The molecule has 8 nitrogen and oxygen atoms in total. The van der Waals surface area contributed by atoms with E-state index in [1.54, 1.807) is 25.3 Å². The lowest BCUT2D eigenvalue weighted by Crippen LogP contribution is -2.37. The van der Waals surface area contributed by atoms with Gasteiger partial charge in [0.05, 0.1) is 18.2 Å². The molecule has 2 aromatic rings. The van der Waals surface area contributed by atoms with Gasteiger partial charge in [0, 0.05) is 32.9 Å². The van der Waals surface area contributed by atoms with Crippen molar-refractivity contribution < 1.29 is 4.74 Å². The van der Waals surface area contributed by atoms with Gasteiger partial charge in [-0.2, -0.15) is 15.0 Å². The van der Waals surface area contributed by atoms with Crippen molar-refractivity contribution in [2.45, 2.75) is 12.5 Å².